The van der Waals surface area contributed by atoms with Gasteiger partial charge in [-0.3, -0.25) is 0 Å². The van der Waals surface area contributed by atoms with Crippen LogP contribution in [0.2, 0.25) is 0 Å². The van der Waals surface area contributed by atoms with Crippen molar-refractivity contribution in [3.63, 3.8) is 0 Å². The molecule has 1 heterocycles. The van der Waals surface area contributed by atoms with Crippen molar-refractivity contribution in [3.05, 3.63) is 90.2 Å². The molecule has 0 spiro atoms. The monoisotopic (exact) mass is 346 g/mol. The van der Waals surface area contributed by atoms with Crippen molar-refractivity contribution < 1.29 is 13.5 Å². The van der Waals surface area contributed by atoms with E-state index < -0.39 is 0 Å². The van der Waals surface area contributed by atoms with E-state index in [2.05, 4.69) is 10.2 Å². The molecule has 3 aromatic carbocycles. The molecule has 0 saturated carbocycles. The number of halogens is 1. The van der Waals surface area contributed by atoms with Crippen LogP contribution in [-0.2, 0) is 6.61 Å². The summed E-state index contributed by atoms with van der Waals surface area (Å²) in [5, 5.41) is 8.06. The minimum Gasteiger partial charge on any atom is -0.489 e. The van der Waals surface area contributed by atoms with Crippen molar-refractivity contribution in [2.45, 2.75) is 6.61 Å². The van der Waals surface area contributed by atoms with Gasteiger partial charge in [0.1, 0.15) is 18.2 Å². The lowest BCUT2D eigenvalue weighted by atomic mass is 10.2. The fourth-order valence-corrected chi connectivity index (χ4v) is 2.54. The molecule has 0 aliphatic heterocycles. The van der Waals surface area contributed by atoms with Gasteiger partial charge in [-0.15, -0.1) is 10.2 Å². The maximum absolute atomic E-state index is 13.4. The van der Waals surface area contributed by atoms with Crippen LogP contribution in [0.3, 0.4) is 0 Å². The molecule has 1 aromatic heterocycles. The summed E-state index contributed by atoms with van der Waals surface area (Å²) in [5.74, 6) is 0.986. The molecule has 4 rings (SSSR count). The second-order valence-corrected chi connectivity index (χ2v) is 5.72. The quantitative estimate of drug-likeness (QED) is 0.503. The first-order valence-corrected chi connectivity index (χ1v) is 8.14. The minimum absolute atomic E-state index is 0.273. The molecule has 0 amide bonds. The first-order valence-electron chi connectivity index (χ1n) is 8.14. The number of benzene rings is 3. The summed E-state index contributed by atoms with van der Waals surface area (Å²) >= 11 is 0. The molecule has 0 aliphatic carbocycles. The number of rotatable bonds is 5. The van der Waals surface area contributed by atoms with E-state index in [9.17, 15) is 4.39 Å². The van der Waals surface area contributed by atoms with Gasteiger partial charge >= 0.3 is 0 Å². The minimum atomic E-state index is -0.349. The summed E-state index contributed by atoms with van der Waals surface area (Å²) in [6.45, 7) is 0.475. The molecule has 4 aromatic rings. The third-order valence-corrected chi connectivity index (χ3v) is 3.83. The molecule has 0 fully saturated rings. The molecule has 0 unspecified atom stereocenters. The first kappa shape index (κ1) is 16.0. The molecule has 0 atom stereocenters. The third-order valence-electron chi connectivity index (χ3n) is 3.83. The number of hydrogen-bond donors (Lipinski definition) is 0. The predicted molar refractivity (Wildman–Crippen MR) is 95.9 cm³/mol. The van der Waals surface area contributed by atoms with Gasteiger partial charge in [0.15, 0.2) is 0 Å². The lowest BCUT2D eigenvalue weighted by molar-refractivity contribution is 0.306. The number of nitrogens with zero attached hydrogens (tertiary/aromatic N) is 2. The second-order valence-electron chi connectivity index (χ2n) is 5.72. The van der Waals surface area contributed by atoms with Crippen LogP contribution in [0.25, 0.3) is 22.9 Å². The Morgan fingerprint density at radius 1 is 0.769 bits per heavy atom. The summed E-state index contributed by atoms with van der Waals surface area (Å²) < 4.78 is 24.9. The van der Waals surface area contributed by atoms with Gasteiger partial charge in [0.25, 0.3) is 0 Å². The topological polar surface area (TPSA) is 48.2 Å². The maximum Gasteiger partial charge on any atom is 0.248 e. The Morgan fingerprint density at radius 3 is 2.19 bits per heavy atom. The number of ether oxygens (including phenoxy) is 1. The van der Waals surface area contributed by atoms with E-state index in [0.717, 1.165) is 11.1 Å². The SMILES string of the molecule is Fc1cccc(-c2nnc(-c3cccc(OCc4ccccc4)c3)o2)c1. The van der Waals surface area contributed by atoms with Gasteiger partial charge in [-0.25, -0.2) is 4.39 Å². The average Bonchev–Trinajstić information content (AvgIpc) is 3.18. The summed E-state index contributed by atoms with van der Waals surface area (Å²) in [7, 11) is 0. The normalized spacial score (nSPS) is 10.7. The van der Waals surface area contributed by atoms with Gasteiger partial charge in [-0.1, -0.05) is 42.5 Å². The standard InChI is InChI=1S/C21H15FN2O2/c22-18-10-4-8-16(12-18)20-23-24-21(26-20)17-9-5-11-19(13-17)25-14-15-6-2-1-3-7-15/h1-13H,14H2. The van der Waals surface area contributed by atoms with Crippen LogP contribution in [-0.4, -0.2) is 10.2 Å². The third kappa shape index (κ3) is 3.62. The lowest BCUT2D eigenvalue weighted by Gasteiger charge is -2.06. The van der Waals surface area contributed by atoms with Crippen LogP contribution >= 0.6 is 0 Å². The molecule has 128 valence electrons. The molecule has 0 radical (unpaired) electrons. The van der Waals surface area contributed by atoms with Crippen LogP contribution < -0.4 is 4.74 Å². The van der Waals surface area contributed by atoms with E-state index in [4.69, 9.17) is 9.15 Å². The van der Waals surface area contributed by atoms with Gasteiger partial charge in [0, 0.05) is 11.1 Å². The van der Waals surface area contributed by atoms with E-state index in [1.165, 1.54) is 12.1 Å². The Kier molecular flexibility index (Phi) is 4.43. The van der Waals surface area contributed by atoms with Gasteiger partial charge in [0.2, 0.25) is 11.8 Å². The highest BCUT2D eigenvalue weighted by molar-refractivity contribution is 5.59. The maximum atomic E-state index is 13.4. The van der Waals surface area contributed by atoms with Crippen molar-refractivity contribution >= 4 is 0 Å². The number of aromatic nitrogens is 2. The lowest BCUT2D eigenvalue weighted by Crippen LogP contribution is -1.95. The zero-order valence-electron chi connectivity index (χ0n) is 13.8. The molecule has 26 heavy (non-hydrogen) atoms. The van der Waals surface area contributed by atoms with Gasteiger partial charge < -0.3 is 9.15 Å². The van der Waals surface area contributed by atoms with Crippen molar-refractivity contribution in [1.82, 2.24) is 10.2 Å². The Bertz CT molecular complexity index is 1020. The fraction of sp³-hybridized carbons (Fsp3) is 0.0476. The Morgan fingerprint density at radius 2 is 1.46 bits per heavy atom. The van der Waals surface area contributed by atoms with E-state index in [0.29, 0.717) is 23.8 Å². The summed E-state index contributed by atoms with van der Waals surface area (Å²) in [6, 6.07) is 23.4. The molecule has 0 N–H and O–H groups in total. The largest absolute Gasteiger partial charge is 0.489 e. The molecular formula is C21H15FN2O2. The Balaban J connectivity index is 1.53. The van der Waals surface area contributed by atoms with Crippen molar-refractivity contribution in [1.29, 1.82) is 0 Å². The van der Waals surface area contributed by atoms with Crippen molar-refractivity contribution in [2.24, 2.45) is 0 Å². The van der Waals surface area contributed by atoms with E-state index in [-0.39, 0.29) is 11.7 Å². The zero-order chi connectivity index (χ0) is 17.8. The summed E-state index contributed by atoms with van der Waals surface area (Å²) in [5.41, 5.74) is 2.37. The van der Waals surface area contributed by atoms with Crippen molar-refractivity contribution in [3.8, 4) is 28.7 Å². The highest BCUT2D eigenvalue weighted by Gasteiger charge is 2.11. The average molecular weight is 346 g/mol. The fourth-order valence-electron chi connectivity index (χ4n) is 2.54. The van der Waals surface area contributed by atoms with E-state index in [1.807, 2.05) is 54.6 Å². The molecular weight excluding hydrogens is 331 g/mol. The van der Waals surface area contributed by atoms with Gasteiger partial charge in [-0.2, -0.15) is 0 Å². The van der Waals surface area contributed by atoms with Crippen LogP contribution in [0.1, 0.15) is 5.56 Å². The van der Waals surface area contributed by atoms with Gasteiger partial charge in [0.05, 0.1) is 0 Å². The predicted octanol–water partition coefficient (Wildman–Crippen LogP) is 5.12. The van der Waals surface area contributed by atoms with Crippen LogP contribution in [0, 0.1) is 5.82 Å². The second kappa shape index (κ2) is 7.19. The first-order chi connectivity index (χ1) is 12.8. The van der Waals surface area contributed by atoms with Crippen LogP contribution in [0.4, 0.5) is 4.39 Å². The highest BCUT2D eigenvalue weighted by Crippen LogP contribution is 2.27. The van der Waals surface area contributed by atoms with Crippen molar-refractivity contribution in [2.75, 3.05) is 0 Å². The van der Waals surface area contributed by atoms with E-state index in [1.54, 1.807) is 12.1 Å². The molecule has 0 aliphatic rings. The zero-order valence-corrected chi connectivity index (χ0v) is 13.8. The molecule has 4 nitrogen and oxygen atoms in total. The summed E-state index contributed by atoms with van der Waals surface area (Å²) in [4.78, 5) is 0. The molecule has 5 heteroatoms. The number of hydrogen-bond acceptors (Lipinski definition) is 4. The van der Waals surface area contributed by atoms with E-state index >= 15 is 0 Å². The Hall–Kier alpha value is -3.47. The molecule has 0 saturated heterocycles. The van der Waals surface area contributed by atoms with Crippen LogP contribution in [0.15, 0.2) is 83.3 Å². The highest BCUT2D eigenvalue weighted by atomic mass is 19.1. The molecule has 0 bridgehead atoms. The van der Waals surface area contributed by atoms with Gasteiger partial charge in [-0.05, 0) is 42.0 Å². The smallest absolute Gasteiger partial charge is 0.248 e. The van der Waals surface area contributed by atoms with Crippen LogP contribution in [0.5, 0.6) is 5.75 Å². The summed E-state index contributed by atoms with van der Waals surface area (Å²) in [6.07, 6.45) is 0. The Labute approximate surface area is 149 Å².